The molecule has 2 amide bonds. The topological polar surface area (TPSA) is 70.1 Å². The SMILES string of the molecule is CCCCCOc1ccc(N2C(=O)C[C@@H](N(O)c3ccccc3)C2=O)cc1. The number of hydrogen-bond acceptors (Lipinski definition) is 5. The van der Waals surface area contributed by atoms with Gasteiger partial charge in [-0.1, -0.05) is 38.0 Å². The number of rotatable bonds is 8. The lowest BCUT2D eigenvalue weighted by atomic mass is 10.2. The normalized spacial score (nSPS) is 16.7. The number of imide groups is 1. The van der Waals surface area contributed by atoms with Crippen LogP contribution in [-0.2, 0) is 9.59 Å². The summed E-state index contributed by atoms with van der Waals surface area (Å²) in [6.07, 6.45) is 3.18. The fraction of sp³-hybridized carbons (Fsp3) is 0.333. The van der Waals surface area contributed by atoms with Crippen LogP contribution < -0.4 is 14.7 Å². The number of para-hydroxylation sites is 1. The Hall–Kier alpha value is -2.86. The van der Waals surface area contributed by atoms with Gasteiger partial charge in [0, 0.05) is 0 Å². The first kappa shape index (κ1) is 18.9. The summed E-state index contributed by atoms with van der Waals surface area (Å²) in [5, 5.41) is 11.2. The van der Waals surface area contributed by atoms with E-state index in [1.807, 2.05) is 6.07 Å². The minimum atomic E-state index is -0.926. The number of anilines is 2. The molecule has 0 spiro atoms. The van der Waals surface area contributed by atoms with Crippen LogP contribution in [-0.4, -0.2) is 29.7 Å². The molecule has 2 aromatic carbocycles. The maximum atomic E-state index is 12.7. The van der Waals surface area contributed by atoms with E-state index < -0.39 is 11.9 Å². The quantitative estimate of drug-likeness (QED) is 0.436. The number of amides is 2. The molecule has 27 heavy (non-hydrogen) atoms. The van der Waals surface area contributed by atoms with Crippen LogP contribution in [0.5, 0.6) is 5.75 Å². The zero-order chi connectivity index (χ0) is 19.2. The molecule has 1 aliphatic heterocycles. The fourth-order valence-electron chi connectivity index (χ4n) is 3.07. The molecule has 1 atom stereocenters. The molecule has 142 valence electrons. The Kier molecular flexibility index (Phi) is 6.08. The Morgan fingerprint density at radius 2 is 1.78 bits per heavy atom. The van der Waals surface area contributed by atoms with Crippen molar-refractivity contribution in [1.82, 2.24) is 0 Å². The van der Waals surface area contributed by atoms with E-state index in [0.717, 1.165) is 29.2 Å². The van der Waals surface area contributed by atoms with Crippen molar-refractivity contribution in [1.29, 1.82) is 0 Å². The summed E-state index contributed by atoms with van der Waals surface area (Å²) in [6.45, 7) is 2.78. The maximum absolute atomic E-state index is 12.7. The molecule has 0 unspecified atom stereocenters. The number of ether oxygens (including phenoxy) is 1. The lowest BCUT2D eigenvalue weighted by molar-refractivity contribution is -0.121. The van der Waals surface area contributed by atoms with E-state index in [1.165, 1.54) is 0 Å². The van der Waals surface area contributed by atoms with E-state index in [-0.39, 0.29) is 12.3 Å². The van der Waals surface area contributed by atoms with Crippen molar-refractivity contribution in [3.8, 4) is 5.75 Å². The van der Waals surface area contributed by atoms with Gasteiger partial charge in [0.25, 0.3) is 5.91 Å². The summed E-state index contributed by atoms with van der Waals surface area (Å²) >= 11 is 0. The fourth-order valence-corrected chi connectivity index (χ4v) is 3.07. The van der Waals surface area contributed by atoms with Crippen molar-refractivity contribution in [3.05, 3.63) is 54.6 Å². The number of carbonyl (C=O) groups excluding carboxylic acids is 2. The maximum Gasteiger partial charge on any atom is 0.259 e. The average molecular weight is 368 g/mol. The number of hydroxylamine groups is 1. The molecule has 0 saturated carbocycles. The number of carbonyl (C=O) groups is 2. The molecule has 3 rings (SSSR count). The molecule has 1 heterocycles. The number of hydrogen-bond donors (Lipinski definition) is 1. The van der Waals surface area contributed by atoms with Crippen molar-refractivity contribution in [2.75, 3.05) is 16.6 Å². The largest absolute Gasteiger partial charge is 0.494 e. The van der Waals surface area contributed by atoms with Crippen molar-refractivity contribution >= 4 is 23.2 Å². The van der Waals surface area contributed by atoms with Crippen molar-refractivity contribution < 1.29 is 19.5 Å². The van der Waals surface area contributed by atoms with Crippen LogP contribution in [0.1, 0.15) is 32.6 Å². The molecule has 0 aliphatic carbocycles. The smallest absolute Gasteiger partial charge is 0.259 e. The summed E-state index contributed by atoms with van der Waals surface area (Å²) in [7, 11) is 0. The summed E-state index contributed by atoms with van der Waals surface area (Å²) in [6, 6.07) is 14.7. The second-order valence-electron chi connectivity index (χ2n) is 6.52. The molecule has 1 N–H and O–H groups in total. The second kappa shape index (κ2) is 8.68. The van der Waals surface area contributed by atoms with Crippen LogP contribution in [0.2, 0.25) is 0 Å². The van der Waals surface area contributed by atoms with Crippen LogP contribution in [0.3, 0.4) is 0 Å². The summed E-state index contributed by atoms with van der Waals surface area (Å²) in [5.41, 5.74) is 0.955. The molecule has 1 aliphatic rings. The highest BCUT2D eigenvalue weighted by atomic mass is 16.5. The van der Waals surface area contributed by atoms with Gasteiger partial charge in [0.05, 0.1) is 24.4 Å². The Morgan fingerprint density at radius 1 is 1.07 bits per heavy atom. The van der Waals surface area contributed by atoms with Crippen molar-refractivity contribution in [2.24, 2.45) is 0 Å². The minimum Gasteiger partial charge on any atom is -0.494 e. The van der Waals surface area contributed by atoms with Crippen LogP contribution >= 0.6 is 0 Å². The van der Waals surface area contributed by atoms with E-state index in [1.54, 1.807) is 48.5 Å². The predicted octanol–water partition coefficient (Wildman–Crippen LogP) is 3.78. The van der Waals surface area contributed by atoms with Crippen molar-refractivity contribution in [3.63, 3.8) is 0 Å². The molecule has 0 bridgehead atoms. The van der Waals surface area contributed by atoms with E-state index in [9.17, 15) is 14.8 Å². The highest BCUT2D eigenvalue weighted by Crippen LogP contribution is 2.29. The zero-order valence-corrected chi connectivity index (χ0v) is 15.4. The molecular weight excluding hydrogens is 344 g/mol. The van der Waals surface area contributed by atoms with Crippen LogP contribution in [0, 0.1) is 0 Å². The molecule has 1 saturated heterocycles. The minimum absolute atomic E-state index is 0.0699. The second-order valence-corrected chi connectivity index (χ2v) is 6.52. The van der Waals surface area contributed by atoms with Gasteiger partial charge < -0.3 is 4.74 Å². The molecule has 6 heteroatoms. The third kappa shape index (κ3) is 4.28. The van der Waals surface area contributed by atoms with Gasteiger partial charge in [-0.2, -0.15) is 0 Å². The molecule has 6 nitrogen and oxygen atoms in total. The highest BCUT2D eigenvalue weighted by Gasteiger charge is 2.43. The summed E-state index contributed by atoms with van der Waals surface area (Å²) in [4.78, 5) is 26.3. The van der Waals surface area contributed by atoms with Gasteiger partial charge in [-0.3, -0.25) is 14.8 Å². The molecule has 0 radical (unpaired) electrons. The Bertz CT molecular complexity index is 777. The first-order chi connectivity index (χ1) is 13.1. The van der Waals surface area contributed by atoms with E-state index in [0.29, 0.717) is 23.7 Å². The van der Waals surface area contributed by atoms with Crippen molar-refractivity contribution in [2.45, 2.75) is 38.6 Å². The van der Waals surface area contributed by atoms with E-state index >= 15 is 0 Å². The number of nitrogens with zero attached hydrogens (tertiary/aromatic N) is 2. The van der Waals surface area contributed by atoms with Crippen LogP contribution in [0.4, 0.5) is 11.4 Å². The van der Waals surface area contributed by atoms with Gasteiger partial charge in [-0.15, -0.1) is 0 Å². The predicted molar refractivity (Wildman–Crippen MR) is 103 cm³/mol. The molecule has 2 aromatic rings. The highest BCUT2D eigenvalue weighted by molar-refractivity contribution is 6.23. The third-order valence-electron chi connectivity index (χ3n) is 4.55. The third-order valence-corrected chi connectivity index (χ3v) is 4.55. The zero-order valence-electron chi connectivity index (χ0n) is 15.4. The molecular formula is C21H24N2O4. The molecule has 0 aromatic heterocycles. The average Bonchev–Trinajstić information content (AvgIpc) is 3.00. The molecule has 1 fully saturated rings. The van der Waals surface area contributed by atoms with Crippen LogP contribution in [0.25, 0.3) is 0 Å². The summed E-state index contributed by atoms with van der Waals surface area (Å²) < 4.78 is 5.66. The lowest BCUT2D eigenvalue weighted by Gasteiger charge is -2.22. The van der Waals surface area contributed by atoms with Gasteiger partial charge in [0.15, 0.2) is 0 Å². The summed E-state index contributed by atoms with van der Waals surface area (Å²) in [5.74, 6) is -0.0712. The van der Waals surface area contributed by atoms with Gasteiger partial charge in [-0.25, -0.2) is 9.96 Å². The standard InChI is InChI=1S/C21H24N2O4/c1-2-3-7-14-27-18-12-10-16(11-13-18)22-20(24)15-19(21(22)25)23(26)17-8-5-4-6-9-17/h4-6,8-13,19,26H,2-3,7,14-15H2,1H3/t19-/m1/s1. The lowest BCUT2D eigenvalue weighted by Crippen LogP contribution is -2.40. The monoisotopic (exact) mass is 368 g/mol. The van der Waals surface area contributed by atoms with Gasteiger partial charge in [0.1, 0.15) is 11.8 Å². The van der Waals surface area contributed by atoms with E-state index in [4.69, 9.17) is 4.74 Å². The Morgan fingerprint density at radius 3 is 2.44 bits per heavy atom. The Balaban J connectivity index is 1.68. The van der Waals surface area contributed by atoms with E-state index in [2.05, 4.69) is 6.92 Å². The van der Waals surface area contributed by atoms with Gasteiger partial charge >= 0.3 is 0 Å². The number of unbranched alkanes of at least 4 members (excludes halogenated alkanes) is 2. The van der Waals surface area contributed by atoms with Crippen LogP contribution in [0.15, 0.2) is 54.6 Å². The Labute approximate surface area is 158 Å². The first-order valence-electron chi connectivity index (χ1n) is 9.24. The first-order valence-corrected chi connectivity index (χ1v) is 9.24. The number of benzene rings is 2. The van der Waals surface area contributed by atoms with Gasteiger partial charge in [-0.05, 0) is 42.8 Å². The van der Waals surface area contributed by atoms with Gasteiger partial charge in [0.2, 0.25) is 5.91 Å².